The van der Waals surface area contributed by atoms with Gasteiger partial charge in [0.2, 0.25) is 0 Å². The van der Waals surface area contributed by atoms with Gasteiger partial charge in [0, 0.05) is 33.0 Å². The molecule has 0 aliphatic rings. The predicted octanol–water partition coefficient (Wildman–Crippen LogP) is 15.3. The highest BCUT2D eigenvalue weighted by Crippen LogP contribution is 2.55. The van der Waals surface area contributed by atoms with Crippen molar-refractivity contribution in [1.29, 1.82) is 0 Å². The fourth-order valence-electron chi connectivity index (χ4n) is 10.2. The maximum absolute atomic E-state index is 13.2. The molecule has 0 bridgehead atoms. The summed E-state index contributed by atoms with van der Waals surface area (Å²) in [6.07, 6.45) is 0. The van der Waals surface area contributed by atoms with Crippen molar-refractivity contribution in [2.75, 3.05) is 0 Å². The summed E-state index contributed by atoms with van der Waals surface area (Å²) in [6.45, 7) is 1.93. The van der Waals surface area contributed by atoms with E-state index in [1.54, 1.807) is 0 Å². The van der Waals surface area contributed by atoms with Gasteiger partial charge in [0.25, 0.3) is 0 Å². The summed E-state index contributed by atoms with van der Waals surface area (Å²) in [5.41, 5.74) is 6.54. The monoisotopic (exact) mass is 740 g/mol. The summed E-state index contributed by atoms with van der Waals surface area (Å²) in [4.78, 5) is 0. The first-order valence-corrected chi connectivity index (χ1v) is 19.8. The first-order chi connectivity index (χ1) is 28.5. The third kappa shape index (κ3) is 4.12. The molecule has 1 heterocycles. The van der Waals surface area contributed by atoms with Crippen LogP contribution in [0.15, 0.2) is 168 Å². The largest absolute Gasteiger partial charge is 0.507 e. The summed E-state index contributed by atoms with van der Waals surface area (Å²) in [5, 5.41) is 43.9. The van der Waals surface area contributed by atoms with Crippen LogP contribution >= 0.6 is 0 Å². The molecule has 0 unspecified atom stereocenters. The molecule has 13 rings (SSSR count). The van der Waals surface area contributed by atoms with Crippen molar-refractivity contribution in [1.82, 2.24) is 0 Å². The molecule has 0 radical (unpaired) electrons. The van der Waals surface area contributed by atoms with Crippen LogP contribution in [0.4, 0.5) is 0 Å². The van der Waals surface area contributed by atoms with Crippen LogP contribution in [0.3, 0.4) is 0 Å². The zero-order valence-corrected chi connectivity index (χ0v) is 31.4. The molecule has 12 aromatic carbocycles. The van der Waals surface area contributed by atoms with Gasteiger partial charge in [-0.3, -0.25) is 0 Å². The van der Waals surface area contributed by atoms with Gasteiger partial charge in [-0.25, -0.2) is 0 Å². The topological polar surface area (TPSA) is 53.6 Å². The minimum Gasteiger partial charge on any atom is -0.507 e. The highest BCUT2D eigenvalue weighted by molar-refractivity contribution is 6.28. The van der Waals surface area contributed by atoms with Gasteiger partial charge in [-0.05, 0) is 123 Å². The summed E-state index contributed by atoms with van der Waals surface area (Å²) in [7, 11) is 0. The fourth-order valence-corrected chi connectivity index (χ4v) is 10.2. The van der Waals surface area contributed by atoms with Gasteiger partial charge in [0.1, 0.15) is 22.7 Å². The molecule has 3 nitrogen and oxygen atoms in total. The van der Waals surface area contributed by atoms with Crippen LogP contribution in [-0.2, 0) is 0 Å². The molecular formula is C55H32O3. The standard InChI is InChI=1S/C55H32O3/c1-29-47(39-21-18-34-14-12-30-8-4-10-32-16-22-40(39)50(34)48(30)32)55(57)53(42-24-19-35-15-13-31-9-5-11-33-17-23-41(42)51(35)49(31)33)52(54(29)56)38-20-25-45-43(27-38)44-26-36-6-2-3-7-37(36)28-46(44)58-45/h2-28,56-57H,1H3. The van der Waals surface area contributed by atoms with Gasteiger partial charge >= 0.3 is 0 Å². The molecule has 0 fully saturated rings. The van der Waals surface area contributed by atoms with E-state index in [4.69, 9.17) is 4.42 Å². The van der Waals surface area contributed by atoms with Crippen LogP contribution in [0.25, 0.3) is 131 Å². The Kier molecular flexibility index (Phi) is 6.12. The van der Waals surface area contributed by atoms with E-state index >= 15 is 0 Å². The lowest BCUT2D eigenvalue weighted by Crippen LogP contribution is -1.97. The molecular weight excluding hydrogens is 709 g/mol. The van der Waals surface area contributed by atoms with E-state index in [0.717, 1.165) is 81.7 Å². The highest BCUT2D eigenvalue weighted by Gasteiger charge is 2.28. The van der Waals surface area contributed by atoms with Crippen molar-refractivity contribution in [3.63, 3.8) is 0 Å². The molecule has 13 aromatic rings. The molecule has 0 saturated carbocycles. The Morgan fingerprint density at radius 2 is 0.828 bits per heavy atom. The number of hydrogen-bond acceptors (Lipinski definition) is 3. The number of furan rings is 1. The normalized spacial score (nSPS) is 12.4. The van der Waals surface area contributed by atoms with Crippen molar-refractivity contribution < 1.29 is 14.6 Å². The molecule has 0 spiro atoms. The van der Waals surface area contributed by atoms with Crippen LogP contribution in [-0.4, -0.2) is 10.2 Å². The third-order valence-corrected chi connectivity index (χ3v) is 12.9. The third-order valence-electron chi connectivity index (χ3n) is 12.9. The van der Waals surface area contributed by atoms with Crippen LogP contribution in [0.1, 0.15) is 5.56 Å². The van der Waals surface area contributed by atoms with E-state index in [2.05, 4.69) is 146 Å². The molecule has 0 aliphatic heterocycles. The van der Waals surface area contributed by atoms with Crippen LogP contribution < -0.4 is 0 Å². The first kappa shape index (κ1) is 31.6. The molecule has 1 aromatic heterocycles. The second-order valence-corrected chi connectivity index (χ2v) is 15.9. The van der Waals surface area contributed by atoms with Crippen molar-refractivity contribution in [3.05, 3.63) is 169 Å². The lowest BCUT2D eigenvalue weighted by molar-refractivity contribution is 0.462. The molecule has 58 heavy (non-hydrogen) atoms. The van der Waals surface area contributed by atoms with Gasteiger partial charge in [-0.15, -0.1) is 0 Å². The highest BCUT2D eigenvalue weighted by atomic mass is 16.3. The van der Waals surface area contributed by atoms with Crippen LogP contribution in [0.2, 0.25) is 0 Å². The summed E-state index contributed by atoms with van der Waals surface area (Å²) < 4.78 is 6.42. The Morgan fingerprint density at radius 1 is 0.345 bits per heavy atom. The van der Waals surface area contributed by atoms with Crippen molar-refractivity contribution in [2.45, 2.75) is 6.92 Å². The first-order valence-electron chi connectivity index (χ1n) is 19.8. The Labute approximate surface area is 331 Å². The molecule has 0 saturated heterocycles. The lowest BCUT2D eigenvalue weighted by atomic mass is 9.81. The minimum absolute atomic E-state index is 0.136. The molecule has 3 heteroatoms. The van der Waals surface area contributed by atoms with Gasteiger partial charge in [0.05, 0.1) is 0 Å². The Bertz CT molecular complexity index is 3860. The zero-order valence-electron chi connectivity index (χ0n) is 31.4. The summed E-state index contributed by atoms with van der Waals surface area (Å²) in [6, 6.07) is 57.5. The fraction of sp³-hybridized carbons (Fsp3) is 0.0182. The SMILES string of the molecule is Cc1c(O)c(-c2ccc3oc4cc5ccccc5cc4c3c2)c(-c2ccc3ccc4cccc5ccc2c3c45)c(O)c1-c1ccc2ccc3cccc4ccc1c2c34. The molecule has 0 aliphatic carbocycles. The van der Waals surface area contributed by atoms with E-state index in [-0.39, 0.29) is 11.5 Å². The van der Waals surface area contributed by atoms with Gasteiger partial charge in [-0.1, -0.05) is 140 Å². The maximum Gasteiger partial charge on any atom is 0.136 e. The molecule has 0 atom stereocenters. The number of hydrogen-bond donors (Lipinski definition) is 2. The number of aromatic hydroxyl groups is 2. The van der Waals surface area contributed by atoms with Crippen molar-refractivity contribution in [2.24, 2.45) is 0 Å². The molecule has 2 N–H and O–H groups in total. The van der Waals surface area contributed by atoms with Gasteiger partial charge in [0.15, 0.2) is 0 Å². The number of rotatable bonds is 3. The van der Waals surface area contributed by atoms with Gasteiger partial charge < -0.3 is 14.6 Å². The van der Waals surface area contributed by atoms with Crippen molar-refractivity contribution in [3.8, 4) is 44.9 Å². The summed E-state index contributed by atoms with van der Waals surface area (Å²) in [5.74, 6) is 0.273. The zero-order chi connectivity index (χ0) is 38.4. The maximum atomic E-state index is 13.2. The van der Waals surface area contributed by atoms with E-state index in [9.17, 15) is 10.2 Å². The quantitative estimate of drug-likeness (QED) is 0.140. The van der Waals surface area contributed by atoms with Crippen LogP contribution in [0, 0.1) is 6.92 Å². The molecule has 270 valence electrons. The van der Waals surface area contributed by atoms with Gasteiger partial charge in [-0.2, -0.15) is 0 Å². The molecule has 0 amide bonds. The number of fused-ring (bicyclic) bond motifs is 4. The second kappa shape index (κ2) is 11.2. The lowest BCUT2D eigenvalue weighted by Gasteiger charge is -2.23. The van der Waals surface area contributed by atoms with Crippen molar-refractivity contribution >= 4 is 97.3 Å². The average molecular weight is 741 g/mol. The average Bonchev–Trinajstić information content (AvgIpc) is 3.62. The Morgan fingerprint density at radius 3 is 1.43 bits per heavy atom. The number of phenolic OH excluding ortho intramolecular Hbond substituents is 2. The second-order valence-electron chi connectivity index (χ2n) is 15.9. The van der Waals surface area contributed by atoms with E-state index in [1.807, 2.05) is 25.1 Å². The van der Waals surface area contributed by atoms with E-state index in [0.29, 0.717) is 22.3 Å². The number of phenols is 2. The Balaban J connectivity index is 1.16. The van der Waals surface area contributed by atoms with Crippen LogP contribution in [0.5, 0.6) is 11.5 Å². The number of benzene rings is 12. The summed E-state index contributed by atoms with van der Waals surface area (Å²) >= 11 is 0. The predicted molar refractivity (Wildman–Crippen MR) is 243 cm³/mol. The van der Waals surface area contributed by atoms with E-state index < -0.39 is 0 Å². The smallest absolute Gasteiger partial charge is 0.136 e. The Hall–Kier alpha value is -7.62. The van der Waals surface area contributed by atoms with E-state index in [1.165, 1.54) is 32.3 Å². The minimum atomic E-state index is 0.136.